The first-order chi connectivity index (χ1) is 11.0. The van der Waals surface area contributed by atoms with Gasteiger partial charge in [-0.2, -0.15) is 13.2 Å². The molecule has 0 aliphatic carbocycles. The largest absolute Gasteiger partial charge is 0.495 e. The molecular formula is C16H16F3NO3S. The van der Waals surface area contributed by atoms with Crippen LogP contribution < -0.4 is 9.46 Å². The maximum Gasteiger partial charge on any atom is 0.416 e. The predicted octanol–water partition coefficient (Wildman–Crippen LogP) is 4.13. The number of nitrogens with one attached hydrogen (secondary N) is 1. The Hall–Kier alpha value is -2.22. The fraction of sp³-hybridized carbons (Fsp3) is 0.250. The van der Waals surface area contributed by atoms with Gasteiger partial charge in [0.1, 0.15) is 10.6 Å². The molecule has 4 nitrogen and oxygen atoms in total. The van der Waals surface area contributed by atoms with Crippen LogP contribution in [0.3, 0.4) is 0 Å². The quantitative estimate of drug-likeness (QED) is 0.893. The number of methoxy groups -OCH3 is 1. The Morgan fingerprint density at radius 3 is 2.04 bits per heavy atom. The summed E-state index contributed by atoms with van der Waals surface area (Å²) in [6, 6.07) is 6.81. The molecule has 0 spiro atoms. The van der Waals surface area contributed by atoms with Crippen molar-refractivity contribution in [1.29, 1.82) is 0 Å². The first-order valence-electron chi connectivity index (χ1n) is 6.90. The maximum absolute atomic E-state index is 12.5. The molecule has 0 amide bonds. The summed E-state index contributed by atoms with van der Waals surface area (Å²) in [7, 11) is -2.65. The Morgan fingerprint density at radius 1 is 1.00 bits per heavy atom. The highest BCUT2D eigenvalue weighted by Gasteiger charge is 2.30. The molecule has 0 radical (unpaired) electrons. The molecule has 0 aliphatic heterocycles. The van der Waals surface area contributed by atoms with Crippen LogP contribution in [0.2, 0.25) is 0 Å². The smallest absolute Gasteiger partial charge is 0.416 e. The Balaban J connectivity index is 2.37. The van der Waals surface area contributed by atoms with E-state index in [0.29, 0.717) is 0 Å². The van der Waals surface area contributed by atoms with Gasteiger partial charge < -0.3 is 4.74 Å². The molecule has 24 heavy (non-hydrogen) atoms. The molecule has 2 aromatic rings. The Bertz CT molecular complexity index is 844. The number of sulfonamides is 1. The predicted molar refractivity (Wildman–Crippen MR) is 84.7 cm³/mol. The van der Waals surface area contributed by atoms with Crippen molar-refractivity contribution in [3.63, 3.8) is 0 Å². The van der Waals surface area contributed by atoms with Crippen molar-refractivity contribution in [2.24, 2.45) is 0 Å². The van der Waals surface area contributed by atoms with E-state index < -0.39 is 21.8 Å². The van der Waals surface area contributed by atoms with Gasteiger partial charge in [0.15, 0.2) is 0 Å². The van der Waals surface area contributed by atoms with Crippen LogP contribution in [0.1, 0.15) is 16.7 Å². The van der Waals surface area contributed by atoms with Gasteiger partial charge in [0.25, 0.3) is 10.0 Å². The van der Waals surface area contributed by atoms with Crippen LogP contribution in [0.15, 0.2) is 41.3 Å². The van der Waals surface area contributed by atoms with E-state index in [2.05, 4.69) is 4.72 Å². The molecule has 0 fully saturated rings. The first kappa shape index (κ1) is 18.1. The lowest BCUT2D eigenvalue weighted by Crippen LogP contribution is -2.15. The van der Waals surface area contributed by atoms with Gasteiger partial charge in [-0.3, -0.25) is 4.72 Å². The van der Waals surface area contributed by atoms with Crippen LogP contribution in [0.5, 0.6) is 5.75 Å². The molecule has 130 valence electrons. The average Bonchev–Trinajstić information content (AvgIpc) is 2.48. The minimum absolute atomic E-state index is 0.0308. The summed E-state index contributed by atoms with van der Waals surface area (Å²) in [5.41, 5.74) is 0.793. The number of hydrogen-bond donors (Lipinski definition) is 1. The number of rotatable bonds is 4. The van der Waals surface area contributed by atoms with Gasteiger partial charge in [-0.1, -0.05) is 0 Å². The van der Waals surface area contributed by atoms with Crippen LogP contribution in [-0.4, -0.2) is 15.5 Å². The van der Waals surface area contributed by atoms with Crippen molar-refractivity contribution < 1.29 is 26.3 Å². The summed E-state index contributed by atoms with van der Waals surface area (Å²) in [5.74, 6) is 0.164. The molecule has 0 saturated carbocycles. The zero-order chi connectivity index (χ0) is 18.1. The van der Waals surface area contributed by atoms with Crippen LogP contribution in [0, 0.1) is 13.8 Å². The second-order valence-corrected chi connectivity index (χ2v) is 6.92. The Kier molecular flexibility index (Phi) is 4.80. The van der Waals surface area contributed by atoms with Crippen LogP contribution in [0.4, 0.5) is 18.9 Å². The molecule has 0 heterocycles. The van der Waals surface area contributed by atoms with E-state index in [4.69, 9.17) is 4.74 Å². The monoisotopic (exact) mass is 359 g/mol. The third kappa shape index (κ3) is 3.81. The molecule has 0 aliphatic rings. The van der Waals surface area contributed by atoms with Gasteiger partial charge in [-0.25, -0.2) is 8.42 Å². The molecule has 0 aromatic heterocycles. The van der Waals surface area contributed by atoms with E-state index in [9.17, 15) is 21.6 Å². The van der Waals surface area contributed by atoms with Crippen LogP contribution >= 0.6 is 0 Å². The van der Waals surface area contributed by atoms with Crippen molar-refractivity contribution in [2.75, 3.05) is 11.8 Å². The lowest BCUT2D eigenvalue weighted by Gasteiger charge is -2.14. The van der Waals surface area contributed by atoms with Gasteiger partial charge in [0.2, 0.25) is 0 Å². The molecule has 2 rings (SSSR count). The Labute approximate surface area is 138 Å². The zero-order valence-corrected chi connectivity index (χ0v) is 14.0. The minimum atomic E-state index is -4.48. The van der Waals surface area contributed by atoms with Crippen LogP contribution in [0.25, 0.3) is 0 Å². The average molecular weight is 359 g/mol. The molecule has 0 unspecified atom stereocenters. The number of benzene rings is 2. The van der Waals surface area contributed by atoms with Crippen molar-refractivity contribution in [3.8, 4) is 5.75 Å². The standard InChI is InChI=1S/C16H16F3NO3S/c1-10-8-14(23-3)15(9-11(10)2)24(21,22)20-13-6-4-12(5-7-13)16(17,18)19/h4-9,20H,1-3H3. The van der Waals surface area contributed by atoms with Crippen molar-refractivity contribution in [2.45, 2.75) is 24.9 Å². The highest BCUT2D eigenvalue weighted by molar-refractivity contribution is 7.92. The summed E-state index contributed by atoms with van der Waals surface area (Å²) in [6.07, 6.45) is -4.48. The fourth-order valence-corrected chi connectivity index (χ4v) is 3.37. The summed E-state index contributed by atoms with van der Waals surface area (Å²) >= 11 is 0. The lowest BCUT2D eigenvalue weighted by atomic mass is 10.1. The van der Waals surface area contributed by atoms with Gasteiger partial charge in [0, 0.05) is 5.69 Å². The highest BCUT2D eigenvalue weighted by Crippen LogP contribution is 2.31. The van der Waals surface area contributed by atoms with E-state index in [1.54, 1.807) is 13.0 Å². The van der Waals surface area contributed by atoms with E-state index >= 15 is 0 Å². The van der Waals surface area contributed by atoms with E-state index in [0.717, 1.165) is 35.4 Å². The van der Waals surface area contributed by atoms with Gasteiger partial charge in [-0.05, 0) is 61.4 Å². The van der Waals surface area contributed by atoms with Crippen molar-refractivity contribution in [1.82, 2.24) is 0 Å². The van der Waals surface area contributed by atoms with Gasteiger partial charge >= 0.3 is 6.18 Å². The molecule has 0 bridgehead atoms. The van der Waals surface area contributed by atoms with Gasteiger partial charge in [-0.15, -0.1) is 0 Å². The van der Waals surface area contributed by atoms with Crippen LogP contribution in [-0.2, 0) is 16.2 Å². The van der Waals surface area contributed by atoms with Crippen molar-refractivity contribution in [3.05, 3.63) is 53.1 Å². The second-order valence-electron chi connectivity index (χ2n) is 5.27. The van der Waals surface area contributed by atoms with Crippen molar-refractivity contribution >= 4 is 15.7 Å². The topological polar surface area (TPSA) is 55.4 Å². The zero-order valence-electron chi connectivity index (χ0n) is 13.2. The second kappa shape index (κ2) is 6.35. The molecular weight excluding hydrogens is 343 g/mol. The third-order valence-electron chi connectivity index (χ3n) is 3.53. The summed E-state index contributed by atoms with van der Waals surface area (Å²) in [6.45, 7) is 3.57. The highest BCUT2D eigenvalue weighted by atomic mass is 32.2. The Morgan fingerprint density at radius 2 is 1.54 bits per heavy atom. The lowest BCUT2D eigenvalue weighted by molar-refractivity contribution is -0.137. The van der Waals surface area contributed by atoms with E-state index in [1.165, 1.54) is 13.2 Å². The molecule has 2 aromatic carbocycles. The summed E-state index contributed by atoms with van der Waals surface area (Å²) in [5, 5.41) is 0. The number of ether oxygens (including phenoxy) is 1. The minimum Gasteiger partial charge on any atom is -0.495 e. The van der Waals surface area contributed by atoms with E-state index in [1.807, 2.05) is 6.92 Å². The number of aryl methyl sites for hydroxylation is 2. The number of alkyl halides is 3. The normalized spacial score (nSPS) is 12.1. The third-order valence-corrected chi connectivity index (χ3v) is 4.94. The maximum atomic E-state index is 12.5. The van der Waals surface area contributed by atoms with E-state index in [-0.39, 0.29) is 16.3 Å². The SMILES string of the molecule is COc1cc(C)c(C)cc1S(=O)(=O)Nc1ccc(C(F)(F)F)cc1. The molecule has 1 N–H and O–H groups in total. The molecule has 8 heteroatoms. The number of anilines is 1. The molecule has 0 saturated heterocycles. The fourth-order valence-electron chi connectivity index (χ4n) is 2.07. The first-order valence-corrected chi connectivity index (χ1v) is 8.38. The van der Waals surface area contributed by atoms with Gasteiger partial charge in [0.05, 0.1) is 12.7 Å². The molecule has 0 atom stereocenters. The number of hydrogen-bond acceptors (Lipinski definition) is 3. The summed E-state index contributed by atoms with van der Waals surface area (Å²) < 4.78 is 70.0. The summed E-state index contributed by atoms with van der Waals surface area (Å²) in [4.78, 5) is -0.0759. The number of halogens is 3.